The number of carbonyl (C=O) groups excluding carboxylic acids is 2. The van der Waals surface area contributed by atoms with Crippen molar-refractivity contribution >= 4 is 23.3 Å². The summed E-state index contributed by atoms with van der Waals surface area (Å²) in [5.74, 6) is -2.99. The first-order valence-corrected chi connectivity index (χ1v) is 5.85. The van der Waals surface area contributed by atoms with Gasteiger partial charge in [-0.05, 0) is 13.3 Å². The number of Topliss-reactive ketones (excluding diaryl/α,β-unsaturated/α-hetero) is 1. The molecule has 0 aliphatic heterocycles. The number of ketones is 1. The van der Waals surface area contributed by atoms with Crippen molar-refractivity contribution in [3.8, 4) is 5.75 Å². The van der Waals surface area contributed by atoms with E-state index in [0.717, 1.165) is 0 Å². The zero-order valence-electron chi connectivity index (χ0n) is 10.3. The third-order valence-corrected chi connectivity index (χ3v) is 2.88. The van der Waals surface area contributed by atoms with E-state index in [4.69, 9.17) is 16.7 Å². The smallest absolute Gasteiger partial charge is 0.294 e. The third-order valence-electron chi connectivity index (χ3n) is 2.52. The molecule has 0 aromatic carbocycles. The molecule has 1 atom stereocenters. The molecule has 1 amide bonds. The van der Waals surface area contributed by atoms with Crippen LogP contribution in [0.15, 0.2) is 11.0 Å². The highest BCUT2D eigenvalue weighted by atomic mass is 35.5. The summed E-state index contributed by atoms with van der Waals surface area (Å²) >= 11 is 5.56. The van der Waals surface area contributed by atoms with Crippen molar-refractivity contribution < 1.29 is 19.9 Å². The molecule has 7 nitrogen and oxygen atoms in total. The Hall–Kier alpha value is -2.02. The van der Waals surface area contributed by atoms with E-state index in [1.807, 2.05) is 6.92 Å². The molecule has 0 fully saturated rings. The van der Waals surface area contributed by atoms with E-state index in [-0.39, 0.29) is 10.8 Å². The van der Waals surface area contributed by atoms with Crippen LogP contribution in [0.2, 0.25) is 5.02 Å². The predicted octanol–water partition coefficient (Wildman–Crippen LogP) is 0.542. The van der Waals surface area contributed by atoms with Gasteiger partial charge in [0.2, 0.25) is 5.43 Å². The minimum atomic E-state index is -1.16. The number of hydrogen-bond acceptors (Lipinski definition) is 5. The lowest BCUT2D eigenvalue weighted by Gasteiger charge is -2.12. The summed E-state index contributed by atoms with van der Waals surface area (Å²) in [5.41, 5.74) is -1.73. The first-order valence-electron chi connectivity index (χ1n) is 5.48. The normalized spacial score (nSPS) is 11.9. The number of nitrogens with one attached hydrogen (secondary N) is 1. The monoisotopic (exact) mass is 288 g/mol. The van der Waals surface area contributed by atoms with Crippen molar-refractivity contribution in [1.29, 1.82) is 0 Å². The van der Waals surface area contributed by atoms with E-state index in [2.05, 4.69) is 5.32 Å². The van der Waals surface area contributed by atoms with Gasteiger partial charge in [0.25, 0.3) is 11.7 Å². The number of pyridine rings is 1. The maximum atomic E-state index is 11.8. The fourth-order valence-electron chi connectivity index (χ4n) is 1.26. The van der Waals surface area contributed by atoms with Gasteiger partial charge < -0.3 is 15.6 Å². The molecule has 1 heterocycles. The van der Waals surface area contributed by atoms with Gasteiger partial charge in [0.1, 0.15) is 5.02 Å². The van der Waals surface area contributed by atoms with Crippen LogP contribution in [0.5, 0.6) is 5.75 Å². The lowest BCUT2D eigenvalue weighted by molar-refractivity contribution is -0.117. The lowest BCUT2D eigenvalue weighted by Crippen LogP contribution is -2.38. The van der Waals surface area contributed by atoms with Crippen LogP contribution in [0.1, 0.15) is 30.8 Å². The van der Waals surface area contributed by atoms with E-state index >= 15 is 0 Å². The van der Waals surface area contributed by atoms with Crippen molar-refractivity contribution in [3.05, 3.63) is 27.1 Å². The standard InChI is InChI=1S/C11H13ClN2O5/c1-3-5(2)13-11(18)10(17)8-7(12)9(16)6(15)4-14(8)19/h4-5,15,19H,3H2,1-2H3,(H,13,18). The van der Waals surface area contributed by atoms with Crippen LogP contribution in [-0.4, -0.2) is 32.8 Å². The molecule has 0 radical (unpaired) electrons. The van der Waals surface area contributed by atoms with Crippen molar-refractivity contribution in [1.82, 2.24) is 10.0 Å². The second-order valence-corrected chi connectivity index (χ2v) is 4.34. The summed E-state index contributed by atoms with van der Waals surface area (Å²) in [6.45, 7) is 3.50. The molecule has 8 heteroatoms. The number of halogens is 1. The highest BCUT2D eigenvalue weighted by molar-refractivity contribution is 6.46. The molecule has 0 saturated carbocycles. The third kappa shape index (κ3) is 3.05. The van der Waals surface area contributed by atoms with Crippen LogP contribution < -0.4 is 10.7 Å². The van der Waals surface area contributed by atoms with Crippen LogP contribution in [0, 0.1) is 0 Å². The van der Waals surface area contributed by atoms with E-state index < -0.39 is 33.6 Å². The molecule has 0 aliphatic rings. The quantitative estimate of drug-likeness (QED) is 0.426. The maximum Gasteiger partial charge on any atom is 0.294 e. The Kier molecular flexibility index (Phi) is 4.55. The molecular formula is C11H13ClN2O5. The molecule has 1 rings (SSSR count). The Balaban J connectivity index is 3.17. The lowest BCUT2D eigenvalue weighted by atomic mass is 10.2. The molecule has 0 bridgehead atoms. The predicted molar refractivity (Wildman–Crippen MR) is 66.8 cm³/mol. The van der Waals surface area contributed by atoms with Gasteiger partial charge in [-0.15, -0.1) is 0 Å². The molecule has 3 N–H and O–H groups in total. The van der Waals surface area contributed by atoms with Crippen LogP contribution in [0.4, 0.5) is 0 Å². The summed E-state index contributed by atoms with van der Waals surface area (Å²) in [7, 11) is 0. The number of carbonyl (C=O) groups is 2. The SMILES string of the molecule is CCC(C)NC(=O)C(=O)c1c(Cl)c(=O)c(O)cn1O. The average Bonchev–Trinajstić information content (AvgIpc) is 2.35. The Morgan fingerprint density at radius 1 is 1.53 bits per heavy atom. The molecule has 1 aromatic rings. The second-order valence-electron chi connectivity index (χ2n) is 3.96. The van der Waals surface area contributed by atoms with Crippen LogP contribution >= 0.6 is 11.6 Å². The first-order chi connectivity index (χ1) is 8.79. The Labute approximate surface area is 113 Å². The molecule has 0 aliphatic carbocycles. The highest BCUT2D eigenvalue weighted by Gasteiger charge is 2.26. The van der Waals surface area contributed by atoms with Gasteiger partial charge in [-0.2, -0.15) is 4.73 Å². The summed E-state index contributed by atoms with van der Waals surface area (Å²) in [6, 6.07) is -0.244. The molecule has 0 saturated heterocycles. The zero-order valence-corrected chi connectivity index (χ0v) is 11.1. The number of hydrogen-bond donors (Lipinski definition) is 3. The summed E-state index contributed by atoms with van der Waals surface area (Å²) in [4.78, 5) is 34.8. The van der Waals surface area contributed by atoms with E-state index in [9.17, 15) is 19.6 Å². The second kappa shape index (κ2) is 5.75. The van der Waals surface area contributed by atoms with Gasteiger partial charge in [-0.25, -0.2) is 0 Å². The minimum absolute atomic E-state index is 0.150. The van der Waals surface area contributed by atoms with Gasteiger partial charge >= 0.3 is 0 Å². The average molecular weight is 289 g/mol. The molecule has 1 unspecified atom stereocenters. The van der Waals surface area contributed by atoms with Crippen LogP contribution in [0.25, 0.3) is 0 Å². The Bertz CT molecular complexity index is 581. The molecule has 19 heavy (non-hydrogen) atoms. The van der Waals surface area contributed by atoms with E-state index in [0.29, 0.717) is 12.6 Å². The van der Waals surface area contributed by atoms with Crippen molar-refractivity contribution in [2.45, 2.75) is 26.3 Å². The topological polar surface area (TPSA) is 109 Å². The van der Waals surface area contributed by atoms with E-state index in [1.54, 1.807) is 6.92 Å². The highest BCUT2D eigenvalue weighted by Crippen LogP contribution is 2.15. The zero-order chi connectivity index (χ0) is 14.7. The Morgan fingerprint density at radius 3 is 2.63 bits per heavy atom. The number of nitrogens with zero attached hydrogens (tertiary/aromatic N) is 1. The van der Waals surface area contributed by atoms with Gasteiger partial charge in [0.15, 0.2) is 11.4 Å². The molecular weight excluding hydrogens is 276 g/mol. The fraction of sp³-hybridized carbons (Fsp3) is 0.364. The van der Waals surface area contributed by atoms with Gasteiger partial charge in [0, 0.05) is 6.04 Å². The Morgan fingerprint density at radius 2 is 2.11 bits per heavy atom. The molecule has 0 spiro atoms. The summed E-state index contributed by atoms with van der Waals surface area (Å²) < 4.78 is 0.150. The number of aromatic nitrogens is 1. The first kappa shape index (κ1) is 15.0. The number of aromatic hydroxyl groups is 1. The molecule has 1 aromatic heterocycles. The number of amides is 1. The maximum absolute atomic E-state index is 11.8. The van der Waals surface area contributed by atoms with Gasteiger partial charge in [-0.1, -0.05) is 18.5 Å². The summed E-state index contributed by atoms with van der Waals surface area (Å²) in [5, 5.41) is 20.2. The van der Waals surface area contributed by atoms with Crippen LogP contribution in [0.3, 0.4) is 0 Å². The summed E-state index contributed by atoms with van der Waals surface area (Å²) in [6.07, 6.45) is 1.20. The van der Waals surface area contributed by atoms with Crippen molar-refractivity contribution in [3.63, 3.8) is 0 Å². The number of rotatable bonds is 4. The van der Waals surface area contributed by atoms with Crippen LogP contribution in [-0.2, 0) is 4.79 Å². The van der Waals surface area contributed by atoms with Crippen molar-refractivity contribution in [2.24, 2.45) is 0 Å². The fourth-order valence-corrected chi connectivity index (χ4v) is 1.53. The van der Waals surface area contributed by atoms with Crippen molar-refractivity contribution in [2.75, 3.05) is 0 Å². The van der Waals surface area contributed by atoms with Gasteiger partial charge in [0.05, 0.1) is 6.20 Å². The largest absolute Gasteiger partial charge is 0.503 e. The van der Waals surface area contributed by atoms with E-state index in [1.165, 1.54) is 0 Å². The van der Waals surface area contributed by atoms with Gasteiger partial charge in [-0.3, -0.25) is 14.4 Å². The molecule has 104 valence electrons. The minimum Gasteiger partial charge on any atom is -0.503 e.